The van der Waals surface area contributed by atoms with Crippen molar-refractivity contribution in [3.05, 3.63) is 5.82 Å². The number of tetrazole rings is 1. The number of aromatic nitrogens is 4. The molecule has 0 aliphatic carbocycles. The lowest BCUT2D eigenvalue weighted by Crippen LogP contribution is -2.26. The third kappa shape index (κ3) is 2.87. The highest BCUT2D eigenvalue weighted by Crippen LogP contribution is 2.26. The second-order valence-corrected chi connectivity index (χ2v) is 5.02. The van der Waals surface area contributed by atoms with Crippen molar-refractivity contribution in [1.29, 1.82) is 0 Å². The summed E-state index contributed by atoms with van der Waals surface area (Å²) in [7, 11) is 0. The van der Waals surface area contributed by atoms with E-state index < -0.39 is 0 Å². The number of hydrogen-bond donors (Lipinski definition) is 1. The minimum atomic E-state index is 0.185. The normalized spacial score (nSPS) is 23.2. The van der Waals surface area contributed by atoms with E-state index in [1.807, 2.05) is 4.68 Å². The van der Waals surface area contributed by atoms with Crippen LogP contribution in [0.4, 0.5) is 0 Å². The second kappa shape index (κ2) is 6.24. The van der Waals surface area contributed by atoms with E-state index in [4.69, 9.17) is 4.74 Å². The Kier molecular flexibility index (Phi) is 4.66. The van der Waals surface area contributed by atoms with Crippen molar-refractivity contribution in [2.45, 2.75) is 45.7 Å². The minimum absolute atomic E-state index is 0.185. The van der Waals surface area contributed by atoms with E-state index in [1.165, 1.54) is 0 Å². The molecule has 0 aromatic carbocycles. The predicted octanol–water partition coefficient (Wildman–Crippen LogP) is 1.33. The molecule has 0 spiro atoms. The molecule has 1 aromatic rings. The molecule has 1 saturated heterocycles. The third-order valence-corrected chi connectivity index (χ3v) is 3.64. The first-order chi connectivity index (χ1) is 8.74. The molecule has 1 fully saturated rings. The van der Waals surface area contributed by atoms with Crippen LogP contribution in [0, 0.1) is 5.92 Å². The van der Waals surface area contributed by atoms with Gasteiger partial charge in [-0.3, -0.25) is 0 Å². The van der Waals surface area contributed by atoms with Crippen LogP contribution in [0.3, 0.4) is 0 Å². The molecular weight excluding hydrogens is 230 g/mol. The maximum absolute atomic E-state index is 5.44. The van der Waals surface area contributed by atoms with Gasteiger partial charge in [0.25, 0.3) is 0 Å². The van der Waals surface area contributed by atoms with Crippen LogP contribution in [0.2, 0.25) is 0 Å². The summed E-state index contributed by atoms with van der Waals surface area (Å²) < 4.78 is 7.40. The Morgan fingerprint density at radius 3 is 3.00 bits per heavy atom. The van der Waals surface area contributed by atoms with Crippen molar-refractivity contribution >= 4 is 0 Å². The smallest absolute Gasteiger partial charge is 0.168 e. The SMILES string of the molecule is CCCNC(C)c1nnnn1C(C)C1CCOC1. The Balaban J connectivity index is 2.06. The lowest BCUT2D eigenvalue weighted by atomic mass is 10.0. The molecule has 3 atom stereocenters. The molecule has 2 heterocycles. The summed E-state index contributed by atoms with van der Waals surface area (Å²) >= 11 is 0. The van der Waals surface area contributed by atoms with Gasteiger partial charge in [-0.15, -0.1) is 5.10 Å². The zero-order chi connectivity index (χ0) is 13.0. The van der Waals surface area contributed by atoms with Gasteiger partial charge in [-0.25, -0.2) is 4.68 Å². The van der Waals surface area contributed by atoms with Gasteiger partial charge in [0.2, 0.25) is 0 Å². The van der Waals surface area contributed by atoms with Gasteiger partial charge >= 0.3 is 0 Å². The van der Waals surface area contributed by atoms with Gasteiger partial charge in [-0.1, -0.05) is 6.92 Å². The molecular formula is C12H23N5O. The fraction of sp³-hybridized carbons (Fsp3) is 0.917. The molecule has 0 bridgehead atoms. The zero-order valence-electron chi connectivity index (χ0n) is 11.5. The van der Waals surface area contributed by atoms with Crippen LogP contribution < -0.4 is 5.32 Å². The Labute approximate surface area is 108 Å². The van der Waals surface area contributed by atoms with Crippen LogP contribution in [0.25, 0.3) is 0 Å². The lowest BCUT2D eigenvalue weighted by Gasteiger charge is -2.21. The van der Waals surface area contributed by atoms with E-state index in [2.05, 4.69) is 41.6 Å². The van der Waals surface area contributed by atoms with Gasteiger partial charge in [0, 0.05) is 12.5 Å². The molecule has 6 heteroatoms. The summed E-state index contributed by atoms with van der Waals surface area (Å²) in [6.07, 6.45) is 2.20. The van der Waals surface area contributed by atoms with E-state index >= 15 is 0 Å². The van der Waals surface area contributed by atoms with Gasteiger partial charge in [0.05, 0.1) is 18.7 Å². The van der Waals surface area contributed by atoms with Gasteiger partial charge < -0.3 is 10.1 Å². The Morgan fingerprint density at radius 2 is 2.33 bits per heavy atom. The summed E-state index contributed by atoms with van der Waals surface area (Å²) in [5.74, 6) is 1.44. The fourth-order valence-electron chi connectivity index (χ4n) is 2.36. The molecule has 0 saturated carbocycles. The molecule has 102 valence electrons. The van der Waals surface area contributed by atoms with Gasteiger partial charge in [-0.05, 0) is 43.7 Å². The van der Waals surface area contributed by atoms with Crippen LogP contribution in [0.1, 0.15) is 51.5 Å². The van der Waals surface area contributed by atoms with Crippen molar-refractivity contribution in [3.63, 3.8) is 0 Å². The minimum Gasteiger partial charge on any atom is -0.381 e. The van der Waals surface area contributed by atoms with E-state index in [0.717, 1.165) is 38.4 Å². The van der Waals surface area contributed by atoms with Crippen LogP contribution >= 0.6 is 0 Å². The molecule has 6 nitrogen and oxygen atoms in total. The zero-order valence-corrected chi connectivity index (χ0v) is 11.5. The lowest BCUT2D eigenvalue weighted by molar-refractivity contribution is 0.171. The first-order valence-electron chi connectivity index (χ1n) is 6.83. The van der Waals surface area contributed by atoms with Crippen LogP contribution in [-0.2, 0) is 4.74 Å². The molecule has 0 amide bonds. The average Bonchev–Trinajstić information content (AvgIpc) is 3.04. The third-order valence-electron chi connectivity index (χ3n) is 3.64. The van der Waals surface area contributed by atoms with E-state index in [9.17, 15) is 0 Å². The largest absolute Gasteiger partial charge is 0.381 e. The number of rotatable bonds is 6. The molecule has 1 aliphatic heterocycles. The Morgan fingerprint density at radius 1 is 1.50 bits per heavy atom. The maximum Gasteiger partial charge on any atom is 0.168 e. The number of nitrogens with one attached hydrogen (secondary N) is 1. The predicted molar refractivity (Wildman–Crippen MR) is 68.2 cm³/mol. The van der Waals surface area contributed by atoms with Crippen LogP contribution in [0.5, 0.6) is 0 Å². The summed E-state index contributed by atoms with van der Waals surface area (Å²) in [6, 6.07) is 0.480. The van der Waals surface area contributed by atoms with Gasteiger partial charge in [0.1, 0.15) is 0 Å². The average molecular weight is 253 g/mol. The van der Waals surface area contributed by atoms with E-state index in [-0.39, 0.29) is 6.04 Å². The molecule has 18 heavy (non-hydrogen) atoms. The molecule has 1 N–H and O–H groups in total. The highest BCUT2D eigenvalue weighted by Gasteiger charge is 2.27. The van der Waals surface area contributed by atoms with Gasteiger partial charge in [-0.2, -0.15) is 0 Å². The number of ether oxygens (including phenoxy) is 1. The highest BCUT2D eigenvalue weighted by atomic mass is 16.5. The number of nitrogens with zero attached hydrogens (tertiary/aromatic N) is 4. The van der Waals surface area contributed by atoms with Crippen LogP contribution in [-0.4, -0.2) is 40.0 Å². The van der Waals surface area contributed by atoms with Crippen molar-refractivity contribution < 1.29 is 4.74 Å². The Hall–Kier alpha value is -1.01. The van der Waals surface area contributed by atoms with Gasteiger partial charge in [0.15, 0.2) is 5.82 Å². The molecule has 1 aromatic heterocycles. The maximum atomic E-state index is 5.44. The monoisotopic (exact) mass is 253 g/mol. The standard InChI is InChI=1S/C12H23N5O/c1-4-6-13-9(2)12-14-15-16-17(12)10(3)11-5-7-18-8-11/h9-11,13H,4-8H2,1-3H3. The fourth-order valence-corrected chi connectivity index (χ4v) is 2.36. The molecule has 0 radical (unpaired) electrons. The second-order valence-electron chi connectivity index (χ2n) is 5.02. The van der Waals surface area contributed by atoms with E-state index in [1.54, 1.807) is 0 Å². The summed E-state index contributed by atoms with van der Waals surface area (Å²) in [5, 5.41) is 15.6. The first kappa shape index (κ1) is 13.4. The van der Waals surface area contributed by atoms with Crippen LogP contribution in [0.15, 0.2) is 0 Å². The Bertz CT molecular complexity index is 361. The molecule has 2 rings (SSSR count). The summed E-state index contributed by atoms with van der Waals surface area (Å²) in [4.78, 5) is 0. The van der Waals surface area contributed by atoms with Crippen molar-refractivity contribution in [2.24, 2.45) is 5.92 Å². The van der Waals surface area contributed by atoms with E-state index in [0.29, 0.717) is 12.0 Å². The molecule has 1 aliphatic rings. The van der Waals surface area contributed by atoms with Crippen molar-refractivity contribution in [2.75, 3.05) is 19.8 Å². The topological polar surface area (TPSA) is 64.9 Å². The number of hydrogen-bond acceptors (Lipinski definition) is 5. The molecule has 3 unspecified atom stereocenters. The van der Waals surface area contributed by atoms with Crippen molar-refractivity contribution in [1.82, 2.24) is 25.5 Å². The first-order valence-corrected chi connectivity index (χ1v) is 6.83. The summed E-state index contributed by atoms with van der Waals surface area (Å²) in [5.41, 5.74) is 0. The quantitative estimate of drug-likeness (QED) is 0.828. The highest BCUT2D eigenvalue weighted by molar-refractivity contribution is 4.93. The van der Waals surface area contributed by atoms with Crippen molar-refractivity contribution in [3.8, 4) is 0 Å². The summed E-state index contributed by atoms with van der Waals surface area (Å²) in [6.45, 7) is 9.09.